The van der Waals surface area contributed by atoms with E-state index in [4.69, 9.17) is 4.74 Å². The van der Waals surface area contributed by atoms with Crippen molar-refractivity contribution in [2.45, 2.75) is 18.9 Å². The maximum absolute atomic E-state index is 11.4. The summed E-state index contributed by atoms with van der Waals surface area (Å²) >= 11 is 0. The Morgan fingerprint density at radius 3 is 2.87 bits per heavy atom. The number of ketones is 1. The summed E-state index contributed by atoms with van der Waals surface area (Å²) in [5, 5.41) is 0. The molecule has 0 radical (unpaired) electrons. The Labute approximate surface area is 92.2 Å². The molecule has 1 aliphatic heterocycles. The van der Waals surface area contributed by atoms with Gasteiger partial charge < -0.3 is 9.64 Å². The van der Waals surface area contributed by atoms with Crippen LogP contribution in [0.2, 0.25) is 0 Å². The van der Waals surface area contributed by atoms with Crippen molar-refractivity contribution in [3.8, 4) is 0 Å². The molecule has 1 fully saturated rings. The van der Waals surface area contributed by atoms with E-state index in [1.165, 1.54) is 12.8 Å². The highest BCUT2D eigenvalue weighted by Crippen LogP contribution is 2.13. The second-order valence-corrected chi connectivity index (χ2v) is 4.47. The van der Waals surface area contributed by atoms with Gasteiger partial charge in [0, 0.05) is 19.7 Å². The van der Waals surface area contributed by atoms with Crippen LogP contribution in [0.3, 0.4) is 0 Å². The minimum atomic E-state index is 0.178. The first kappa shape index (κ1) is 12.6. The van der Waals surface area contributed by atoms with Crippen LogP contribution in [0.5, 0.6) is 0 Å². The predicted molar refractivity (Wildman–Crippen MR) is 60.0 cm³/mol. The molecule has 4 heteroatoms. The van der Waals surface area contributed by atoms with Gasteiger partial charge in [-0.25, -0.2) is 0 Å². The molecule has 1 heterocycles. The number of carbonyl (C=O) groups is 1. The molecule has 15 heavy (non-hydrogen) atoms. The van der Waals surface area contributed by atoms with Gasteiger partial charge >= 0.3 is 0 Å². The molecule has 1 atom stereocenters. The van der Waals surface area contributed by atoms with Gasteiger partial charge in [0.2, 0.25) is 0 Å². The zero-order valence-electron chi connectivity index (χ0n) is 10.0. The highest BCUT2D eigenvalue weighted by atomic mass is 16.5. The van der Waals surface area contributed by atoms with Crippen molar-refractivity contribution in [2.75, 3.05) is 47.4 Å². The normalized spacial score (nSPS) is 23.3. The van der Waals surface area contributed by atoms with E-state index in [1.54, 1.807) is 7.11 Å². The van der Waals surface area contributed by atoms with E-state index in [9.17, 15) is 4.79 Å². The number of piperidine rings is 1. The Morgan fingerprint density at radius 1 is 1.53 bits per heavy atom. The lowest BCUT2D eigenvalue weighted by atomic mass is 10.0. The molecule has 0 N–H and O–H groups in total. The van der Waals surface area contributed by atoms with Crippen LogP contribution in [0.4, 0.5) is 0 Å². The fourth-order valence-corrected chi connectivity index (χ4v) is 2.05. The first-order valence-corrected chi connectivity index (χ1v) is 5.53. The maximum atomic E-state index is 11.4. The third kappa shape index (κ3) is 4.28. The Kier molecular flexibility index (Phi) is 5.22. The number of likely N-dealkylation sites (N-methyl/N-ethyl adjacent to an activating group) is 1. The number of ether oxygens (including phenoxy) is 1. The first-order chi connectivity index (χ1) is 7.13. The highest BCUT2D eigenvalue weighted by molar-refractivity contribution is 5.81. The van der Waals surface area contributed by atoms with E-state index in [0.717, 1.165) is 13.1 Å². The van der Waals surface area contributed by atoms with Crippen LogP contribution < -0.4 is 0 Å². The quantitative estimate of drug-likeness (QED) is 0.656. The fraction of sp³-hybridized carbons (Fsp3) is 0.909. The summed E-state index contributed by atoms with van der Waals surface area (Å²) < 4.78 is 4.83. The molecule has 0 saturated carbocycles. The number of hydrogen-bond acceptors (Lipinski definition) is 4. The van der Waals surface area contributed by atoms with Crippen molar-refractivity contribution < 1.29 is 9.53 Å². The van der Waals surface area contributed by atoms with Crippen molar-refractivity contribution >= 4 is 5.78 Å². The van der Waals surface area contributed by atoms with Crippen LogP contribution in [-0.4, -0.2) is 69.1 Å². The molecule has 0 aromatic carbocycles. The molecule has 0 aromatic heterocycles. The Hall–Kier alpha value is -0.450. The molecule has 1 unspecified atom stereocenters. The molecule has 0 bridgehead atoms. The highest BCUT2D eigenvalue weighted by Gasteiger charge is 2.22. The minimum absolute atomic E-state index is 0.178. The van der Waals surface area contributed by atoms with E-state index < -0.39 is 0 Å². The zero-order chi connectivity index (χ0) is 11.3. The lowest BCUT2D eigenvalue weighted by Crippen LogP contribution is -2.47. The van der Waals surface area contributed by atoms with E-state index in [1.807, 2.05) is 0 Å². The molecule has 0 aliphatic carbocycles. The average Bonchev–Trinajstić information content (AvgIpc) is 2.18. The topological polar surface area (TPSA) is 32.8 Å². The number of nitrogens with zero attached hydrogens (tertiary/aromatic N) is 2. The number of carbonyl (C=O) groups excluding carboxylic acids is 1. The van der Waals surface area contributed by atoms with Gasteiger partial charge in [0.25, 0.3) is 0 Å². The molecule has 1 rings (SSSR count). The second-order valence-electron chi connectivity index (χ2n) is 4.47. The lowest BCUT2D eigenvalue weighted by Gasteiger charge is -2.35. The molecule has 4 nitrogen and oxygen atoms in total. The van der Waals surface area contributed by atoms with Gasteiger partial charge in [-0.3, -0.25) is 9.69 Å². The van der Waals surface area contributed by atoms with Crippen LogP contribution in [0.15, 0.2) is 0 Å². The van der Waals surface area contributed by atoms with Crippen LogP contribution in [0.1, 0.15) is 12.8 Å². The van der Waals surface area contributed by atoms with Crippen LogP contribution >= 0.6 is 0 Å². The molecule has 88 valence electrons. The summed E-state index contributed by atoms with van der Waals surface area (Å²) in [6.45, 7) is 2.82. The summed E-state index contributed by atoms with van der Waals surface area (Å²) in [6.07, 6.45) is 2.42. The lowest BCUT2D eigenvalue weighted by molar-refractivity contribution is -0.124. The molecule has 0 spiro atoms. The van der Waals surface area contributed by atoms with Gasteiger partial charge in [-0.05, 0) is 33.5 Å². The molecular weight excluding hydrogens is 192 g/mol. The van der Waals surface area contributed by atoms with Gasteiger partial charge in [0.15, 0.2) is 5.78 Å². The van der Waals surface area contributed by atoms with Gasteiger partial charge in [0.05, 0.1) is 6.54 Å². The van der Waals surface area contributed by atoms with Gasteiger partial charge in [-0.2, -0.15) is 0 Å². The summed E-state index contributed by atoms with van der Waals surface area (Å²) in [5.41, 5.74) is 0. The van der Waals surface area contributed by atoms with Gasteiger partial charge in [-0.1, -0.05) is 0 Å². The SMILES string of the molecule is COCC(=O)CN1CCCC(N(C)C)C1. The minimum Gasteiger partial charge on any atom is -0.377 e. The van der Waals surface area contributed by atoms with E-state index in [2.05, 4.69) is 23.9 Å². The number of rotatable bonds is 5. The van der Waals surface area contributed by atoms with Crippen molar-refractivity contribution in [2.24, 2.45) is 0 Å². The first-order valence-electron chi connectivity index (χ1n) is 5.53. The van der Waals surface area contributed by atoms with Crippen molar-refractivity contribution in [1.82, 2.24) is 9.80 Å². The number of methoxy groups -OCH3 is 1. The predicted octanol–water partition coefficient (Wildman–Crippen LogP) is 0.228. The van der Waals surface area contributed by atoms with Crippen molar-refractivity contribution in [3.63, 3.8) is 0 Å². The number of hydrogen-bond donors (Lipinski definition) is 0. The third-order valence-electron chi connectivity index (χ3n) is 2.92. The van der Waals surface area contributed by atoms with Crippen LogP contribution in [0, 0.1) is 0 Å². The zero-order valence-corrected chi connectivity index (χ0v) is 10.0. The molecular formula is C11H22N2O2. The van der Waals surface area contributed by atoms with Crippen molar-refractivity contribution in [1.29, 1.82) is 0 Å². The Bertz CT molecular complexity index is 207. The maximum Gasteiger partial charge on any atom is 0.172 e. The number of Topliss-reactive ketones (excluding diaryl/α,β-unsaturated/α-hetero) is 1. The summed E-state index contributed by atoms with van der Waals surface area (Å²) in [7, 11) is 5.77. The van der Waals surface area contributed by atoms with Crippen LogP contribution in [0.25, 0.3) is 0 Å². The average molecular weight is 214 g/mol. The molecule has 0 aromatic rings. The Balaban J connectivity index is 2.33. The standard InChI is InChI=1S/C11H22N2O2/c1-12(2)10-5-4-6-13(7-10)8-11(14)9-15-3/h10H,4-9H2,1-3H3. The third-order valence-corrected chi connectivity index (χ3v) is 2.92. The molecule has 0 amide bonds. The smallest absolute Gasteiger partial charge is 0.172 e. The summed E-state index contributed by atoms with van der Waals surface area (Å²) in [6, 6.07) is 0.592. The van der Waals surface area contributed by atoms with E-state index >= 15 is 0 Å². The Morgan fingerprint density at radius 2 is 2.27 bits per heavy atom. The van der Waals surface area contributed by atoms with Crippen LogP contribution in [-0.2, 0) is 9.53 Å². The fourth-order valence-electron chi connectivity index (χ4n) is 2.05. The molecule has 1 aliphatic rings. The number of likely N-dealkylation sites (tertiary alicyclic amines) is 1. The van der Waals surface area contributed by atoms with Crippen molar-refractivity contribution in [3.05, 3.63) is 0 Å². The van der Waals surface area contributed by atoms with Gasteiger partial charge in [-0.15, -0.1) is 0 Å². The van der Waals surface area contributed by atoms with E-state index in [0.29, 0.717) is 12.6 Å². The summed E-state index contributed by atoms with van der Waals surface area (Å²) in [4.78, 5) is 15.9. The monoisotopic (exact) mass is 214 g/mol. The molecule has 1 saturated heterocycles. The second kappa shape index (κ2) is 6.20. The largest absolute Gasteiger partial charge is 0.377 e. The summed E-state index contributed by atoms with van der Waals surface area (Å²) in [5.74, 6) is 0.178. The van der Waals surface area contributed by atoms with Gasteiger partial charge in [0.1, 0.15) is 6.61 Å². The van der Waals surface area contributed by atoms with E-state index in [-0.39, 0.29) is 12.4 Å².